The van der Waals surface area contributed by atoms with Gasteiger partial charge in [-0.15, -0.1) is 0 Å². The predicted molar refractivity (Wildman–Crippen MR) is 85.9 cm³/mol. The summed E-state index contributed by atoms with van der Waals surface area (Å²) in [6.45, 7) is 0.815. The molecule has 5 N–H and O–H groups in total. The van der Waals surface area contributed by atoms with E-state index in [1.54, 1.807) is 0 Å². The molecule has 4 rings (SSSR count). The molecule has 0 aromatic carbocycles. The quantitative estimate of drug-likeness (QED) is 0.346. The van der Waals surface area contributed by atoms with Gasteiger partial charge in [0.05, 0.1) is 0 Å². The van der Waals surface area contributed by atoms with E-state index in [2.05, 4.69) is 10.3 Å². The Kier molecular flexibility index (Phi) is 6.18. The molecule has 4 aliphatic rings. The molecule has 4 saturated carbocycles. The minimum Gasteiger partial charge on any atom is -0.475 e. The number of carboxylic acids is 1. The number of carbonyl (C=O) groups is 1. The van der Waals surface area contributed by atoms with Gasteiger partial charge in [-0.3, -0.25) is 4.99 Å². The highest BCUT2D eigenvalue weighted by molar-refractivity contribution is 5.78. The average molecular weight is 365 g/mol. The molecule has 6 nitrogen and oxygen atoms in total. The third kappa shape index (κ3) is 5.49. The second kappa shape index (κ2) is 7.80. The SMILES string of the molecule is NC(=NCCCO)NC12CC3CC(CC(C3)C1)C2.O=C(O)C(F)(F)F. The fourth-order valence-electron chi connectivity index (χ4n) is 4.85. The number of nitrogens with one attached hydrogen (secondary N) is 1. The van der Waals surface area contributed by atoms with Crippen LogP contribution in [0.25, 0.3) is 0 Å². The van der Waals surface area contributed by atoms with Gasteiger partial charge in [0.1, 0.15) is 0 Å². The first kappa shape index (κ1) is 19.8. The average Bonchev–Trinajstić information content (AvgIpc) is 2.45. The van der Waals surface area contributed by atoms with Gasteiger partial charge in [-0.25, -0.2) is 4.79 Å². The number of nitrogens with two attached hydrogens (primary N) is 1. The van der Waals surface area contributed by atoms with Crippen molar-refractivity contribution < 1.29 is 28.2 Å². The summed E-state index contributed by atoms with van der Waals surface area (Å²) < 4.78 is 31.7. The summed E-state index contributed by atoms with van der Waals surface area (Å²) in [7, 11) is 0. The van der Waals surface area contributed by atoms with Gasteiger partial charge in [0, 0.05) is 18.7 Å². The van der Waals surface area contributed by atoms with Gasteiger partial charge in [0.15, 0.2) is 5.96 Å². The largest absolute Gasteiger partial charge is 0.490 e. The lowest BCUT2D eigenvalue weighted by molar-refractivity contribution is -0.192. The number of guanidine groups is 1. The zero-order chi connectivity index (χ0) is 18.7. The van der Waals surface area contributed by atoms with Crippen LogP contribution in [-0.4, -0.2) is 47.0 Å². The van der Waals surface area contributed by atoms with E-state index in [9.17, 15) is 13.2 Å². The molecular formula is C16H26F3N3O3. The third-order valence-corrected chi connectivity index (χ3v) is 5.27. The molecule has 0 unspecified atom stereocenters. The summed E-state index contributed by atoms with van der Waals surface area (Å²) in [5.41, 5.74) is 6.24. The summed E-state index contributed by atoms with van der Waals surface area (Å²) in [5, 5.41) is 19.4. The molecular weight excluding hydrogens is 339 g/mol. The molecule has 4 aliphatic carbocycles. The van der Waals surface area contributed by atoms with E-state index in [4.69, 9.17) is 20.7 Å². The number of rotatable bonds is 4. The molecule has 0 radical (unpaired) electrons. The normalized spacial score (nSPS) is 33.6. The molecule has 0 heterocycles. The maximum absolute atomic E-state index is 10.6. The first-order chi connectivity index (χ1) is 11.6. The molecule has 0 atom stereocenters. The number of aliphatic hydroxyl groups excluding tert-OH is 1. The minimum atomic E-state index is -5.08. The Morgan fingerprint density at radius 1 is 1.16 bits per heavy atom. The molecule has 9 heteroatoms. The smallest absolute Gasteiger partial charge is 0.475 e. The molecule has 0 spiro atoms. The van der Waals surface area contributed by atoms with Gasteiger partial charge < -0.3 is 21.3 Å². The number of nitrogens with zero attached hydrogens (tertiary/aromatic N) is 1. The van der Waals surface area contributed by atoms with Crippen molar-refractivity contribution >= 4 is 11.9 Å². The highest BCUT2D eigenvalue weighted by Gasteiger charge is 2.51. The van der Waals surface area contributed by atoms with Gasteiger partial charge in [0.2, 0.25) is 0 Å². The van der Waals surface area contributed by atoms with Gasteiger partial charge in [-0.2, -0.15) is 13.2 Å². The molecule has 25 heavy (non-hydrogen) atoms. The van der Waals surface area contributed by atoms with E-state index in [1.165, 1.54) is 38.5 Å². The summed E-state index contributed by atoms with van der Waals surface area (Å²) in [5.74, 6) is 0.606. The Hall–Kier alpha value is -1.51. The predicted octanol–water partition coefficient (Wildman–Crippen LogP) is 1.88. The Morgan fingerprint density at radius 3 is 1.96 bits per heavy atom. The Labute approximate surface area is 144 Å². The zero-order valence-electron chi connectivity index (χ0n) is 14.1. The van der Waals surface area contributed by atoms with Crippen LogP contribution < -0.4 is 11.1 Å². The van der Waals surface area contributed by atoms with Crippen LogP contribution in [-0.2, 0) is 4.79 Å². The number of hydrogen-bond donors (Lipinski definition) is 4. The maximum Gasteiger partial charge on any atom is 0.490 e. The molecule has 0 saturated heterocycles. The van der Waals surface area contributed by atoms with Crippen molar-refractivity contribution in [2.75, 3.05) is 13.2 Å². The van der Waals surface area contributed by atoms with E-state index in [1.807, 2.05) is 0 Å². The molecule has 4 fully saturated rings. The van der Waals surface area contributed by atoms with Crippen LogP contribution >= 0.6 is 0 Å². The van der Waals surface area contributed by atoms with E-state index in [-0.39, 0.29) is 12.1 Å². The molecule has 0 aromatic rings. The van der Waals surface area contributed by atoms with Crippen LogP contribution in [0.15, 0.2) is 4.99 Å². The monoisotopic (exact) mass is 365 g/mol. The lowest BCUT2D eigenvalue weighted by Crippen LogP contribution is -2.61. The maximum atomic E-state index is 10.6. The van der Waals surface area contributed by atoms with Gasteiger partial charge in [0.25, 0.3) is 0 Å². The first-order valence-corrected chi connectivity index (χ1v) is 8.62. The Bertz CT molecular complexity index is 473. The van der Waals surface area contributed by atoms with Crippen molar-refractivity contribution in [1.29, 1.82) is 0 Å². The standard InChI is InChI=1S/C14H25N3O.C2HF3O2/c15-13(16-2-1-3-18)17-14-7-10-4-11(8-14)6-12(5-10)9-14;3-2(4,5)1(6)7/h10-12,18H,1-9H2,(H3,15,16,17);(H,6,7). The van der Waals surface area contributed by atoms with Crippen LogP contribution in [0.4, 0.5) is 13.2 Å². The lowest BCUT2D eigenvalue weighted by atomic mass is 9.53. The molecule has 0 amide bonds. The zero-order valence-corrected chi connectivity index (χ0v) is 14.1. The second-order valence-corrected chi connectivity index (χ2v) is 7.47. The van der Waals surface area contributed by atoms with E-state index < -0.39 is 12.1 Å². The number of aliphatic carboxylic acids is 1. The van der Waals surface area contributed by atoms with Crippen molar-refractivity contribution in [2.45, 2.75) is 56.7 Å². The van der Waals surface area contributed by atoms with Crippen molar-refractivity contribution in [3.05, 3.63) is 0 Å². The number of carboxylic acid groups (broad SMARTS) is 1. The first-order valence-electron chi connectivity index (χ1n) is 8.62. The molecule has 0 aromatic heterocycles. The van der Waals surface area contributed by atoms with Crippen LogP contribution in [0.5, 0.6) is 0 Å². The number of aliphatic hydroxyl groups is 1. The van der Waals surface area contributed by atoms with Gasteiger partial charge in [-0.1, -0.05) is 0 Å². The van der Waals surface area contributed by atoms with E-state index >= 15 is 0 Å². The van der Waals surface area contributed by atoms with Crippen molar-refractivity contribution in [3.8, 4) is 0 Å². The van der Waals surface area contributed by atoms with Crippen molar-refractivity contribution in [2.24, 2.45) is 28.5 Å². The van der Waals surface area contributed by atoms with Crippen molar-refractivity contribution in [3.63, 3.8) is 0 Å². The summed E-state index contributed by atoms with van der Waals surface area (Å²) in [4.78, 5) is 13.2. The van der Waals surface area contributed by atoms with Crippen LogP contribution in [0, 0.1) is 17.8 Å². The summed E-state index contributed by atoms with van der Waals surface area (Å²) in [6.07, 6.45) is 3.82. The Morgan fingerprint density at radius 2 is 1.60 bits per heavy atom. The van der Waals surface area contributed by atoms with Crippen LogP contribution in [0.1, 0.15) is 44.9 Å². The summed E-state index contributed by atoms with van der Waals surface area (Å²) >= 11 is 0. The number of aliphatic imine (C=N–C) groups is 1. The number of hydrogen-bond acceptors (Lipinski definition) is 3. The second-order valence-electron chi connectivity index (χ2n) is 7.47. The topological polar surface area (TPSA) is 108 Å². The van der Waals surface area contributed by atoms with E-state index in [0.717, 1.165) is 17.8 Å². The minimum absolute atomic E-state index is 0.189. The van der Waals surface area contributed by atoms with Gasteiger partial charge in [-0.05, 0) is 62.7 Å². The third-order valence-electron chi connectivity index (χ3n) is 5.27. The van der Waals surface area contributed by atoms with Gasteiger partial charge >= 0.3 is 12.1 Å². The lowest BCUT2D eigenvalue weighted by Gasteiger charge is -2.57. The molecule has 4 bridgehead atoms. The van der Waals surface area contributed by atoms with Crippen LogP contribution in [0.2, 0.25) is 0 Å². The van der Waals surface area contributed by atoms with Crippen molar-refractivity contribution in [1.82, 2.24) is 5.32 Å². The highest BCUT2D eigenvalue weighted by atomic mass is 19.4. The Balaban J connectivity index is 0.000000277. The fraction of sp³-hybridized carbons (Fsp3) is 0.875. The molecule has 144 valence electrons. The summed E-state index contributed by atoms with van der Waals surface area (Å²) in [6, 6.07) is 0. The van der Waals surface area contributed by atoms with E-state index in [0.29, 0.717) is 18.9 Å². The number of alkyl halides is 3. The highest BCUT2D eigenvalue weighted by Crippen LogP contribution is 2.55. The van der Waals surface area contributed by atoms with Crippen LogP contribution in [0.3, 0.4) is 0 Å². The number of halogens is 3. The fourth-order valence-corrected chi connectivity index (χ4v) is 4.85. The molecule has 0 aliphatic heterocycles.